The molecule has 5 nitrogen and oxygen atoms in total. The van der Waals surface area contributed by atoms with E-state index in [2.05, 4.69) is 0 Å². The summed E-state index contributed by atoms with van der Waals surface area (Å²) in [4.78, 5) is 23.0. The molecule has 0 saturated carbocycles. The van der Waals surface area contributed by atoms with Crippen LogP contribution >= 0.6 is 0 Å². The molecule has 0 aromatic carbocycles. The van der Waals surface area contributed by atoms with Crippen LogP contribution in [0.4, 0.5) is 0 Å². The lowest BCUT2D eigenvalue weighted by Crippen LogP contribution is -2.21. The molecule has 0 unspecified atom stereocenters. The molecule has 0 atom stereocenters. The molecular formula is C9H9N3O2. The smallest absolute Gasteiger partial charge is 0.298 e. The number of fused-ring (bicyclic) bond motifs is 1. The molecule has 0 spiro atoms. The number of carbonyl (C=O) groups excluding carboxylic acids is 1. The van der Waals surface area contributed by atoms with Gasteiger partial charge in [0, 0.05) is 13.5 Å². The summed E-state index contributed by atoms with van der Waals surface area (Å²) >= 11 is 0. The van der Waals surface area contributed by atoms with Crippen molar-refractivity contribution in [2.24, 2.45) is 7.05 Å². The molecule has 0 fully saturated rings. The van der Waals surface area contributed by atoms with Crippen LogP contribution in [0.1, 0.15) is 29.0 Å². The van der Waals surface area contributed by atoms with Crippen LogP contribution in [0.5, 0.6) is 0 Å². The second kappa shape index (κ2) is 2.84. The number of nitrogens with zero attached hydrogens (tertiary/aromatic N) is 3. The number of Topliss-reactive ketones (excluding diaryl/α,β-unsaturated/α-hetero) is 1. The van der Waals surface area contributed by atoms with Crippen molar-refractivity contribution in [2.45, 2.75) is 19.3 Å². The predicted molar refractivity (Wildman–Crippen MR) is 48.0 cm³/mol. The van der Waals surface area contributed by atoms with Crippen molar-refractivity contribution >= 4 is 5.78 Å². The van der Waals surface area contributed by atoms with Crippen molar-refractivity contribution in [3.63, 3.8) is 0 Å². The molecule has 14 heavy (non-hydrogen) atoms. The van der Waals surface area contributed by atoms with Crippen molar-refractivity contribution in [1.82, 2.24) is 9.13 Å². The number of ketones is 1. The molecule has 1 aromatic rings. The molecule has 2 rings (SSSR count). The highest BCUT2D eigenvalue weighted by molar-refractivity contribution is 5.96. The van der Waals surface area contributed by atoms with Gasteiger partial charge < -0.3 is 0 Å². The first-order valence-electron chi connectivity index (χ1n) is 4.40. The van der Waals surface area contributed by atoms with Crippen LogP contribution in [0.3, 0.4) is 0 Å². The lowest BCUT2D eigenvalue weighted by molar-refractivity contribution is 0.0965. The summed E-state index contributed by atoms with van der Waals surface area (Å²) in [5.74, 6) is -0.106. The Balaban J connectivity index is 2.83. The van der Waals surface area contributed by atoms with Crippen LogP contribution < -0.4 is 5.69 Å². The van der Waals surface area contributed by atoms with Gasteiger partial charge in [-0.1, -0.05) is 0 Å². The minimum atomic E-state index is -0.423. The van der Waals surface area contributed by atoms with Crippen LogP contribution in [0.15, 0.2) is 4.79 Å². The van der Waals surface area contributed by atoms with Crippen molar-refractivity contribution < 1.29 is 4.79 Å². The first-order valence-corrected chi connectivity index (χ1v) is 4.40. The van der Waals surface area contributed by atoms with E-state index >= 15 is 0 Å². The summed E-state index contributed by atoms with van der Waals surface area (Å²) in [6, 6.07) is 0. The Morgan fingerprint density at radius 2 is 2.07 bits per heavy atom. The van der Waals surface area contributed by atoms with Crippen molar-refractivity contribution in [3.8, 4) is 6.19 Å². The van der Waals surface area contributed by atoms with Gasteiger partial charge in [-0.2, -0.15) is 9.83 Å². The van der Waals surface area contributed by atoms with Gasteiger partial charge in [0.25, 0.3) is 0 Å². The zero-order chi connectivity index (χ0) is 10.3. The fraction of sp³-hybridized carbons (Fsp3) is 0.444. The topological polar surface area (TPSA) is 67.8 Å². The molecule has 1 aliphatic rings. The number of imidazole rings is 1. The number of hydrogen-bond donors (Lipinski definition) is 0. The summed E-state index contributed by atoms with van der Waals surface area (Å²) in [7, 11) is 1.59. The molecular weight excluding hydrogens is 182 g/mol. The van der Waals surface area contributed by atoms with Gasteiger partial charge in [-0.25, -0.2) is 4.79 Å². The molecule has 0 amide bonds. The summed E-state index contributed by atoms with van der Waals surface area (Å²) in [6.45, 7) is 0. The highest BCUT2D eigenvalue weighted by Gasteiger charge is 2.26. The average Bonchev–Trinajstić information content (AvgIpc) is 2.43. The van der Waals surface area contributed by atoms with Gasteiger partial charge in [0.05, 0.1) is 5.69 Å². The molecule has 0 saturated heterocycles. The Kier molecular flexibility index (Phi) is 1.78. The second-order valence-corrected chi connectivity index (χ2v) is 3.35. The summed E-state index contributed by atoms with van der Waals surface area (Å²) in [6.07, 6.45) is 3.62. The lowest BCUT2D eigenvalue weighted by Gasteiger charge is -2.10. The van der Waals surface area contributed by atoms with Crippen LogP contribution in [0, 0.1) is 11.5 Å². The SMILES string of the molecule is Cn1c2c(n(C#N)c1=O)C(=O)CCC2. The molecule has 1 heterocycles. The maximum Gasteiger partial charge on any atom is 0.342 e. The Bertz CT molecular complexity index is 501. The third-order valence-electron chi connectivity index (χ3n) is 2.56. The summed E-state index contributed by atoms with van der Waals surface area (Å²) in [5, 5.41) is 8.75. The van der Waals surface area contributed by atoms with Gasteiger partial charge in [0.1, 0.15) is 5.69 Å². The van der Waals surface area contributed by atoms with E-state index in [1.807, 2.05) is 0 Å². The summed E-state index contributed by atoms with van der Waals surface area (Å²) in [5.41, 5.74) is 0.548. The third-order valence-corrected chi connectivity index (χ3v) is 2.56. The third kappa shape index (κ3) is 0.940. The Labute approximate surface area is 80.2 Å². The molecule has 5 heteroatoms. The zero-order valence-corrected chi connectivity index (χ0v) is 7.78. The van der Waals surface area contributed by atoms with E-state index in [1.165, 1.54) is 4.57 Å². The van der Waals surface area contributed by atoms with Crippen molar-refractivity contribution in [3.05, 3.63) is 21.9 Å². The number of hydrogen-bond acceptors (Lipinski definition) is 3. The Morgan fingerprint density at radius 3 is 2.71 bits per heavy atom. The maximum atomic E-state index is 11.5. The van der Waals surface area contributed by atoms with Crippen molar-refractivity contribution in [1.29, 1.82) is 5.26 Å². The van der Waals surface area contributed by atoms with Crippen LogP contribution in [-0.2, 0) is 13.5 Å². The monoisotopic (exact) mass is 191 g/mol. The first-order chi connectivity index (χ1) is 6.66. The standard InChI is InChI=1S/C9H9N3O2/c1-11-6-3-2-4-7(13)8(6)12(5-10)9(11)14/h2-4H2,1H3. The molecule has 0 radical (unpaired) electrons. The van der Waals surface area contributed by atoms with Gasteiger partial charge >= 0.3 is 5.69 Å². The molecule has 0 aliphatic heterocycles. The highest BCUT2D eigenvalue weighted by Crippen LogP contribution is 2.19. The minimum Gasteiger partial charge on any atom is -0.298 e. The van der Waals surface area contributed by atoms with Gasteiger partial charge in [-0.15, -0.1) is 0 Å². The fourth-order valence-corrected chi connectivity index (χ4v) is 1.85. The van der Waals surface area contributed by atoms with Crippen LogP contribution in [0.2, 0.25) is 0 Å². The zero-order valence-electron chi connectivity index (χ0n) is 7.78. The minimum absolute atomic E-state index is 0.106. The molecule has 72 valence electrons. The van der Waals surface area contributed by atoms with E-state index in [9.17, 15) is 9.59 Å². The maximum absolute atomic E-state index is 11.5. The highest BCUT2D eigenvalue weighted by atomic mass is 16.2. The molecule has 1 aliphatic carbocycles. The number of rotatable bonds is 0. The van der Waals surface area contributed by atoms with Gasteiger partial charge in [0.15, 0.2) is 12.0 Å². The van der Waals surface area contributed by atoms with Crippen molar-refractivity contribution in [2.75, 3.05) is 0 Å². The van der Waals surface area contributed by atoms with Crippen LogP contribution in [0.25, 0.3) is 0 Å². The van der Waals surface area contributed by atoms with E-state index in [0.29, 0.717) is 18.5 Å². The average molecular weight is 191 g/mol. The summed E-state index contributed by atoms with van der Waals surface area (Å²) < 4.78 is 2.27. The van der Waals surface area contributed by atoms with E-state index in [-0.39, 0.29) is 11.5 Å². The Morgan fingerprint density at radius 1 is 1.36 bits per heavy atom. The van der Waals surface area contributed by atoms with E-state index in [0.717, 1.165) is 11.0 Å². The van der Waals surface area contributed by atoms with Gasteiger partial charge in [0.2, 0.25) is 0 Å². The molecule has 1 aromatic heterocycles. The predicted octanol–water partition coefficient (Wildman–Crippen LogP) is 0.0350. The Hall–Kier alpha value is -1.83. The van der Waals surface area contributed by atoms with E-state index in [1.54, 1.807) is 13.2 Å². The number of carbonyl (C=O) groups is 1. The number of nitriles is 1. The largest absolute Gasteiger partial charge is 0.342 e. The van der Waals surface area contributed by atoms with Gasteiger partial charge in [-0.05, 0) is 12.8 Å². The van der Waals surface area contributed by atoms with E-state index in [4.69, 9.17) is 5.26 Å². The quantitative estimate of drug-likeness (QED) is 0.581. The molecule has 0 bridgehead atoms. The first kappa shape index (κ1) is 8.75. The van der Waals surface area contributed by atoms with Gasteiger partial charge in [-0.3, -0.25) is 9.36 Å². The van der Waals surface area contributed by atoms with Crippen LogP contribution in [-0.4, -0.2) is 14.9 Å². The fourth-order valence-electron chi connectivity index (χ4n) is 1.85. The lowest BCUT2D eigenvalue weighted by atomic mass is 10.00. The van der Waals surface area contributed by atoms with E-state index < -0.39 is 5.69 Å². The second-order valence-electron chi connectivity index (χ2n) is 3.35. The normalized spacial score (nSPS) is 15.0. The molecule has 0 N–H and O–H groups in total. The number of aromatic nitrogens is 2.